The van der Waals surface area contributed by atoms with Crippen LogP contribution in [-0.4, -0.2) is 21.3 Å². The van der Waals surface area contributed by atoms with Gasteiger partial charge in [0.05, 0.1) is 0 Å². The molecule has 1 aromatic rings. The molecule has 13 heavy (non-hydrogen) atoms. The van der Waals surface area contributed by atoms with E-state index in [1.165, 1.54) is 0 Å². The Morgan fingerprint density at radius 1 is 1.23 bits per heavy atom. The van der Waals surface area contributed by atoms with Crippen LogP contribution in [0.3, 0.4) is 0 Å². The van der Waals surface area contributed by atoms with Crippen LogP contribution >= 0.6 is 0 Å². The third kappa shape index (κ3) is 1.77. The molecule has 0 fully saturated rings. The first-order chi connectivity index (χ1) is 5.86. The Balaban J connectivity index is 3.08. The van der Waals surface area contributed by atoms with Crippen molar-refractivity contribution >= 4 is 0 Å². The van der Waals surface area contributed by atoms with Crippen LogP contribution in [0.4, 0.5) is 13.2 Å². The van der Waals surface area contributed by atoms with Gasteiger partial charge in [0, 0.05) is 18.0 Å². The molecule has 0 aliphatic heterocycles. The van der Waals surface area contributed by atoms with Gasteiger partial charge < -0.3 is 5.11 Å². The van der Waals surface area contributed by atoms with E-state index >= 15 is 0 Å². The van der Waals surface area contributed by atoms with Crippen molar-refractivity contribution in [1.82, 2.24) is 9.97 Å². The lowest BCUT2D eigenvalue weighted by atomic mass is 9.99. The summed E-state index contributed by atoms with van der Waals surface area (Å²) in [6, 6.07) is 0. The summed E-state index contributed by atoms with van der Waals surface area (Å²) in [6.07, 6.45) is -1.77. The van der Waals surface area contributed by atoms with Crippen molar-refractivity contribution in [3.63, 3.8) is 0 Å². The lowest BCUT2D eigenvalue weighted by Crippen LogP contribution is -2.39. The summed E-state index contributed by atoms with van der Waals surface area (Å²) >= 11 is 0. The third-order valence-corrected chi connectivity index (χ3v) is 1.67. The van der Waals surface area contributed by atoms with Crippen molar-refractivity contribution in [1.29, 1.82) is 0 Å². The van der Waals surface area contributed by atoms with Crippen molar-refractivity contribution < 1.29 is 18.3 Å². The Labute approximate surface area is 72.3 Å². The predicted octanol–water partition coefficient (Wildman–Crippen LogP) is 1.25. The summed E-state index contributed by atoms with van der Waals surface area (Å²) < 4.78 is 36.6. The fraction of sp³-hybridized carbons (Fsp3) is 0.429. The molecule has 0 saturated carbocycles. The monoisotopic (exact) mass is 192 g/mol. The van der Waals surface area contributed by atoms with E-state index < -0.39 is 11.8 Å². The molecule has 0 aliphatic rings. The average Bonchev–Trinajstić information content (AvgIpc) is 2.04. The first kappa shape index (κ1) is 9.91. The van der Waals surface area contributed by atoms with E-state index in [4.69, 9.17) is 5.11 Å². The van der Waals surface area contributed by atoms with Crippen LogP contribution in [0.5, 0.6) is 0 Å². The van der Waals surface area contributed by atoms with E-state index in [-0.39, 0.29) is 5.56 Å². The normalized spacial score (nSPS) is 16.7. The lowest BCUT2D eigenvalue weighted by molar-refractivity contribution is -0.259. The molecule has 1 N–H and O–H groups in total. The van der Waals surface area contributed by atoms with Crippen LogP contribution in [0.2, 0.25) is 0 Å². The smallest absolute Gasteiger partial charge is 0.376 e. The average molecular weight is 192 g/mol. The molecule has 0 spiro atoms. The number of rotatable bonds is 1. The quantitative estimate of drug-likeness (QED) is 0.728. The van der Waals surface area contributed by atoms with Gasteiger partial charge in [0.15, 0.2) is 5.60 Å². The molecule has 1 unspecified atom stereocenters. The Kier molecular flexibility index (Phi) is 2.25. The topological polar surface area (TPSA) is 46.0 Å². The summed E-state index contributed by atoms with van der Waals surface area (Å²) in [4.78, 5) is 6.79. The zero-order chi connectivity index (χ0) is 10.1. The highest BCUT2D eigenvalue weighted by Gasteiger charge is 2.51. The second-order valence-electron chi connectivity index (χ2n) is 2.70. The summed E-state index contributed by atoms with van der Waals surface area (Å²) in [6.45, 7) is 0.658. The molecule has 72 valence electrons. The number of hydrogen-bond acceptors (Lipinski definition) is 3. The number of aliphatic hydroxyl groups is 1. The van der Waals surface area contributed by atoms with Crippen molar-refractivity contribution in [3.05, 3.63) is 24.3 Å². The summed E-state index contributed by atoms with van der Waals surface area (Å²) in [5.74, 6) is 0. The Hall–Kier alpha value is -1.17. The van der Waals surface area contributed by atoms with Crippen LogP contribution in [0.15, 0.2) is 18.7 Å². The van der Waals surface area contributed by atoms with Crippen molar-refractivity contribution in [3.8, 4) is 0 Å². The first-order valence-corrected chi connectivity index (χ1v) is 3.40. The molecule has 1 rings (SSSR count). The van der Waals surface area contributed by atoms with Gasteiger partial charge in [-0.1, -0.05) is 0 Å². The molecular formula is C7H7F3N2O. The number of nitrogens with zero attached hydrogens (tertiary/aromatic N) is 2. The maximum atomic E-state index is 12.2. The second-order valence-corrected chi connectivity index (χ2v) is 2.70. The number of aromatic nitrogens is 2. The summed E-state index contributed by atoms with van der Waals surface area (Å²) in [5.41, 5.74) is -3.27. The fourth-order valence-corrected chi connectivity index (χ4v) is 0.714. The van der Waals surface area contributed by atoms with E-state index in [0.717, 1.165) is 18.7 Å². The van der Waals surface area contributed by atoms with Gasteiger partial charge in [0.2, 0.25) is 0 Å². The second kappa shape index (κ2) is 2.95. The van der Waals surface area contributed by atoms with Gasteiger partial charge in [0.1, 0.15) is 6.33 Å². The summed E-state index contributed by atoms with van der Waals surface area (Å²) in [5, 5.41) is 9.12. The van der Waals surface area contributed by atoms with Gasteiger partial charge in [-0.05, 0) is 6.92 Å². The van der Waals surface area contributed by atoms with Crippen LogP contribution in [0, 0.1) is 0 Å². The molecule has 0 radical (unpaired) electrons. The van der Waals surface area contributed by atoms with Crippen LogP contribution in [-0.2, 0) is 5.60 Å². The van der Waals surface area contributed by atoms with Crippen LogP contribution in [0.25, 0.3) is 0 Å². The van der Waals surface area contributed by atoms with Gasteiger partial charge in [0.25, 0.3) is 0 Å². The largest absolute Gasteiger partial charge is 0.421 e. The van der Waals surface area contributed by atoms with E-state index in [9.17, 15) is 13.2 Å². The molecule has 0 bridgehead atoms. The number of hydrogen-bond donors (Lipinski definition) is 1. The van der Waals surface area contributed by atoms with Crippen LogP contribution < -0.4 is 0 Å². The minimum atomic E-state index is -4.72. The zero-order valence-corrected chi connectivity index (χ0v) is 6.71. The molecule has 1 heterocycles. The van der Waals surface area contributed by atoms with Gasteiger partial charge in [-0.3, -0.25) is 0 Å². The highest BCUT2D eigenvalue weighted by molar-refractivity contribution is 5.15. The SMILES string of the molecule is CC(O)(c1cncnc1)C(F)(F)F. The Morgan fingerprint density at radius 3 is 2.08 bits per heavy atom. The van der Waals surface area contributed by atoms with E-state index in [0.29, 0.717) is 6.92 Å². The van der Waals surface area contributed by atoms with Crippen molar-refractivity contribution in [2.45, 2.75) is 18.7 Å². The molecule has 0 aliphatic carbocycles. The maximum Gasteiger partial charge on any atom is 0.421 e. The molecular weight excluding hydrogens is 185 g/mol. The van der Waals surface area contributed by atoms with Gasteiger partial charge >= 0.3 is 6.18 Å². The molecule has 1 aromatic heterocycles. The Bertz CT molecular complexity index is 284. The van der Waals surface area contributed by atoms with Crippen LogP contribution in [0.1, 0.15) is 12.5 Å². The maximum absolute atomic E-state index is 12.2. The minimum Gasteiger partial charge on any atom is -0.376 e. The van der Waals surface area contributed by atoms with Gasteiger partial charge in [-0.2, -0.15) is 13.2 Å². The number of alkyl halides is 3. The molecule has 1 atom stereocenters. The molecule has 6 heteroatoms. The number of halogens is 3. The Morgan fingerprint density at radius 2 is 1.69 bits per heavy atom. The minimum absolute atomic E-state index is 0.373. The zero-order valence-electron chi connectivity index (χ0n) is 6.71. The molecule has 3 nitrogen and oxygen atoms in total. The lowest BCUT2D eigenvalue weighted by Gasteiger charge is -2.25. The fourth-order valence-electron chi connectivity index (χ4n) is 0.714. The van der Waals surface area contributed by atoms with E-state index in [1.54, 1.807) is 0 Å². The molecule has 0 amide bonds. The molecule has 0 saturated heterocycles. The van der Waals surface area contributed by atoms with Crippen molar-refractivity contribution in [2.75, 3.05) is 0 Å². The predicted molar refractivity (Wildman–Crippen MR) is 37.7 cm³/mol. The highest BCUT2D eigenvalue weighted by Crippen LogP contribution is 2.37. The van der Waals surface area contributed by atoms with Gasteiger partial charge in [-0.25, -0.2) is 9.97 Å². The standard InChI is InChI=1S/C7H7F3N2O/c1-6(13,7(8,9)10)5-2-11-4-12-3-5/h2-4,13H,1H3. The van der Waals surface area contributed by atoms with E-state index in [2.05, 4.69) is 9.97 Å². The third-order valence-electron chi connectivity index (χ3n) is 1.67. The highest BCUT2D eigenvalue weighted by atomic mass is 19.4. The summed E-state index contributed by atoms with van der Waals surface area (Å²) in [7, 11) is 0. The van der Waals surface area contributed by atoms with Crippen molar-refractivity contribution in [2.24, 2.45) is 0 Å². The first-order valence-electron chi connectivity index (χ1n) is 3.40. The molecule has 0 aromatic carbocycles. The van der Waals surface area contributed by atoms with Gasteiger partial charge in [-0.15, -0.1) is 0 Å². The van der Waals surface area contributed by atoms with E-state index in [1.807, 2.05) is 0 Å².